The average molecular weight is 815 g/mol. The summed E-state index contributed by atoms with van der Waals surface area (Å²) >= 11 is 0. The summed E-state index contributed by atoms with van der Waals surface area (Å²) < 4.78 is 33.3. The maximum Gasteiger partial charge on any atom is 0.472 e. The van der Waals surface area contributed by atoms with Gasteiger partial charge < -0.3 is 39.9 Å². The molecule has 13 nitrogen and oxygen atoms in total. The van der Waals surface area contributed by atoms with Gasteiger partial charge in [-0.2, -0.15) is 0 Å². The van der Waals surface area contributed by atoms with Crippen LogP contribution in [0.15, 0.2) is 60.8 Å². The number of carbonyl (C=O) groups excluding carboxylic acids is 2. The maximum atomic E-state index is 12.8. The molecule has 56 heavy (non-hydrogen) atoms. The van der Waals surface area contributed by atoms with Crippen molar-refractivity contribution in [3.8, 4) is 0 Å². The summed E-state index contributed by atoms with van der Waals surface area (Å²) in [7, 11) is -5.13. The third-order valence-corrected chi connectivity index (χ3v) is 10.1. The molecule has 6 N–H and O–H groups in total. The molecule has 0 spiro atoms. The zero-order valence-electron chi connectivity index (χ0n) is 33.7. The predicted octanol–water partition coefficient (Wildman–Crippen LogP) is 6.99. The molecule has 0 aromatic carbocycles. The van der Waals surface area contributed by atoms with Crippen LogP contribution in [0.2, 0.25) is 0 Å². The number of allylic oxidation sites excluding steroid dienone is 10. The molecular weight excluding hydrogens is 743 g/mol. The fourth-order valence-corrected chi connectivity index (χ4v) is 6.76. The second-order valence-electron chi connectivity index (χ2n) is 14.1. The minimum Gasteiger partial charge on any atom is -0.462 e. The van der Waals surface area contributed by atoms with Gasteiger partial charge in [0.2, 0.25) is 0 Å². The summed E-state index contributed by atoms with van der Waals surface area (Å²) in [5.41, 5.74) is 0. The number of ether oxygens (including phenoxy) is 2. The van der Waals surface area contributed by atoms with E-state index in [2.05, 4.69) is 62.5 Å². The normalized spacial score (nSPS) is 23.5. The Labute approximate surface area is 334 Å². The molecule has 0 radical (unpaired) electrons. The molecule has 322 valence electrons. The van der Waals surface area contributed by atoms with Gasteiger partial charge in [-0.05, 0) is 51.4 Å². The number of esters is 2. The predicted molar refractivity (Wildman–Crippen MR) is 216 cm³/mol. The van der Waals surface area contributed by atoms with Crippen LogP contribution < -0.4 is 0 Å². The number of hydrogen-bond acceptors (Lipinski definition) is 12. The van der Waals surface area contributed by atoms with Crippen molar-refractivity contribution >= 4 is 19.8 Å². The number of phosphoric ester groups is 1. The van der Waals surface area contributed by atoms with Crippen LogP contribution in [0.3, 0.4) is 0 Å². The van der Waals surface area contributed by atoms with Crippen LogP contribution in [0.25, 0.3) is 0 Å². The molecule has 0 saturated heterocycles. The van der Waals surface area contributed by atoms with Crippen molar-refractivity contribution in [3.63, 3.8) is 0 Å². The highest BCUT2D eigenvalue weighted by Gasteiger charge is 2.51. The average Bonchev–Trinajstić information content (AvgIpc) is 3.18. The first kappa shape index (κ1) is 51.6. The van der Waals surface area contributed by atoms with Gasteiger partial charge in [0, 0.05) is 12.8 Å². The lowest BCUT2D eigenvalue weighted by Crippen LogP contribution is -2.64. The van der Waals surface area contributed by atoms with Crippen LogP contribution in [-0.4, -0.2) is 98.3 Å². The Bertz CT molecular complexity index is 1220. The zero-order chi connectivity index (χ0) is 41.4. The van der Waals surface area contributed by atoms with Gasteiger partial charge in [0.05, 0.1) is 6.61 Å². The summed E-state index contributed by atoms with van der Waals surface area (Å²) in [5.74, 6) is -1.17. The van der Waals surface area contributed by atoms with E-state index in [1.54, 1.807) is 0 Å². The summed E-state index contributed by atoms with van der Waals surface area (Å²) in [6.45, 7) is 3.09. The van der Waals surface area contributed by atoms with Crippen molar-refractivity contribution < 1.29 is 63.1 Å². The van der Waals surface area contributed by atoms with E-state index in [-0.39, 0.29) is 12.8 Å². The van der Waals surface area contributed by atoms with Crippen LogP contribution >= 0.6 is 7.82 Å². The van der Waals surface area contributed by atoms with E-state index in [0.29, 0.717) is 19.3 Å². The molecule has 0 aromatic rings. The van der Waals surface area contributed by atoms with Gasteiger partial charge in [-0.15, -0.1) is 0 Å². The molecule has 14 heteroatoms. The van der Waals surface area contributed by atoms with Crippen molar-refractivity contribution in [2.75, 3.05) is 13.2 Å². The Balaban J connectivity index is 2.56. The molecule has 1 fully saturated rings. The van der Waals surface area contributed by atoms with E-state index in [0.717, 1.165) is 51.4 Å². The Morgan fingerprint density at radius 2 is 1.02 bits per heavy atom. The fraction of sp³-hybridized carbons (Fsp3) is 0.714. The van der Waals surface area contributed by atoms with Crippen LogP contribution in [0.1, 0.15) is 136 Å². The highest BCUT2D eigenvalue weighted by atomic mass is 31.2. The topological polar surface area (TPSA) is 210 Å². The molecule has 1 aliphatic carbocycles. The van der Waals surface area contributed by atoms with Crippen LogP contribution in [0.4, 0.5) is 0 Å². The van der Waals surface area contributed by atoms with Gasteiger partial charge in [0.15, 0.2) is 6.10 Å². The largest absolute Gasteiger partial charge is 0.472 e. The smallest absolute Gasteiger partial charge is 0.462 e. The maximum absolute atomic E-state index is 12.8. The molecule has 1 rings (SSSR count). The molecular formula is C42H71O13P. The minimum atomic E-state index is -5.13. The summed E-state index contributed by atoms with van der Waals surface area (Å²) in [4.78, 5) is 35.5. The minimum absolute atomic E-state index is 0.0171. The van der Waals surface area contributed by atoms with Gasteiger partial charge in [0.1, 0.15) is 43.2 Å². The van der Waals surface area contributed by atoms with Gasteiger partial charge >= 0.3 is 19.8 Å². The number of aliphatic hydroxyl groups is 5. The molecule has 0 bridgehead atoms. The second kappa shape index (κ2) is 32.5. The van der Waals surface area contributed by atoms with Crippen LogP contribution in [0, 0.1) is 0 Å². The second-order valence-corrected chi connectivity index (χ2v) is 15.5. The van der Waals surface area contributed by atoms with E-state index < -0.39 is 75.7 Å². The van der Waals surface area contributed by atoms with Crippen LogP contribution in [-0.2, 0) is 32.7 Å². The Morgan fingerprint density at radius 1 is 0.571 bits per heavy atom. The monoisotopic (exact) mass is 814 g/mol. The number of unbranched alkanes of at least 4 members (excludes halogenated alkanes) is 10. The third-order valence-electron chi connectivity index (χ3n) is 9.12. The first-order chi connectivity index (χ1) is 26.9. The van der Waals surface area contributed by atoms with Crippen LogP contribution in [0.5, 0.6) is 0 Å². The highest BCUT2D eigenvalue weighted by molar-refractivity contribution is 7.47. The van der Waals surface area contributed by atoms with Crippen molar-refractivity contribution in [1.29, 1.82) is 0 Å². The summed E-state index contributed by atoms with van der Waals surface area (Å²) in [5, 5.41) is 50.0. The lowest BCUT2D eigenvalue weighted by Gasteiger charge is -2.41. The molecule has 0 amide bonds. The SMILES string of the molecule is CC/C=C\C/C=C\C/C=C\C/C=C\C/C=C\CCCC(=O)O[C@H](COC(=O)CCCCCCCCCCCC)COP(=O)(O)OC1C(O)C(O)C(O)[C@@H](O)C1O. The fourth-order valence-electron chi connectivity index (χ4n) is 5.79. The summed E-state index contributed by atoms with van der Waals surface area (Å²) in [6.07, 6.45) is 24.5. The molecule has 0 aliphatic heterocycles. The molecule has 0 heterocycles. The van der Waals surface area contributed by atoms with E-state index in [4.69, 9.17) is 18.5 Å². The Morgan fingerprint density at radius 3 is 1.54 bits per heavy atom. The number of phosphoric acid groups is 1. The van der Waals surface area contributed by atoms with Gasteiger partial charge in [-0.1, -0.05) is 132 Å². The van der Waals surface area contributed by atoms with Crippen molar-refractivity contribution in [3.05, 3.63) is 60.8 Å². The number of aliphatic hydroxyl groups excluding tert-OH is 5. The Hall–Kier alpha value is -2.45. The molecule has 1 aliphatic rings. The first-order valence-corrected chi connectivity index (χ1v) is 22.1. The lowest BCUT2D eigenvalue weighted by molar-refractivity contribution is -0.220. The van der Waals surface area contributed by atoms with Crippen molar-refractivity contribution in [2.24, 2.45) is 0 Å². The molecule has 0 aromatic heterocycles. The van der Waals surface area contributed by atoms with Crippen molar-refractivity contribution in [1.82, 2.24) is 0 Å². The van der Waals surface area contributed by atoms with Crippen molar-refractivity contribution in [2.45, 2.75) is 179 Å². The number of carbonyl (C=O) groups is 2. The molecule has 1 saturated carbocycles. The number of hydrogen-bond donors (Lipinski definition) is 6. The standard InChI is InChI=1S/C42H71O13P/c1-3-5-7-9-11-13-15-16-17-18-19-20-21-23-25-27-29-31-36(44)54-34(32-52-35(43)30-28-26-24-22-14-12-10-8-6-4-2)33-53-56(50,51)55-42-40(48)38(46)37(45)39(47)41(42)49/h5,7,11,13,16-17,19-20,23,25,34,37-42,45-49H,3-4,6,8-10,12,14-15,18,21-22,24,26-33H2,1-2H3,(H,50,51)/b7-5-,13-11-,17-16-,20-19-,25-23-/t34-,37?,38-,39?,40?,41?,42?/m1/s1. The van der Waals surface area contributed by atoms with E-state index in [1.165, 1.54) is 38.5 Å². The van der Waals surface area contributed by atoms with Gasteiger partial charge in [-0.3, -0.25) is 18.6 Å². The van der Waals surface area contributed by atoms with E-state index in [9.17, 15) is 44.6 Å². The zero-order valence-corrected chi connectivity index (χ0v) is 34.5. The third kappa shape index (κ3) is 25.0. The van der Waals surface area contributed by atoms with Gasteiger partial charge in [0.25, 0.3) is 0 Å². The van der Waals surface area contributed by atoms with E-state index in [1.807, 2.05) is 12.2 Å². The quantitative estimate of drug-likeness (QED) is 0.0175. The summed E-state index contributed by atoms with van der Waals surface area (Å²) in [6, 6.07) is 0. The number of rotatable bonds is 32. The Kier molecular flexibility index (Phi) is 29.9. The van der Waals surface area contributed by atoms with Gasteiger partial charge in [-0.25, -0.2) is 4.57 Å². The van der Waals surface area contributed by atoms with E-state index >= 15 is 0 Å². The first-order valence-electron chi connectivity index (χ1n) is 20.6. The highest BCUT2D eigenvalue weighted by Crippen LogP contribution is 2.47. The molecule has 8 atom stereocenters. The lowest BCUT2D eigenvalue weighted by atomic mass is 9.85. The molecule has 6 unspecified atom stereocenters.